The van der Waals surface area contributed by atoms with Crippen LogP contribution < -0.4 is 5.32 Å². The number of hydrogen-bond donors (Lipinski definition) is 5. The molecule has 0 unspecified atom stereocenters. The largest absolute Gasteiger partial charge is 0.368 e. The van der Waals surface area contributed by atoms with Crippen molar-refractivity contribution >= 4 is 12.2 Å². The van der Waals surface area contributed by atoms with E-state index in [4.69, 9.17) is 20.4 Å². The lowest BCUT2D eigenvalue weighted by atomic mass is 10.5. The average molecular weight is 178 g/mol. The molecule has 5 N–H and O–H groups in total. The Morgan fingerprint density at radius 1 is 1.42 bits per heavy atom. The van der Waals surface area contributed by atoms with E-state index in [2.05, 4.69) is 4.99 Å². The average Bonchev–Trinajstić information content (AvgIpc) is 1.84. The Hall–Kier alpha value is -1.02. The zero-order valence-electron chi connectivity index (χ0n) is 6.08. The standard InChI is InChI=1S/C5H10N2O5/c8-3(9)1-2-6-4(10)7-5(11)12/h2-3,5,8-9,11-12H,1H2,(H,7,10). The molecule has 0 spiro atoms. The van der Waals surface area contributed by atoms with Crippen molar-refractivity contribution in [2.24, 2.45) is 4.99 Å². The first-order valence-electron chi connectivity index (χ1n) is 3.07. The van der Waals surface area contributed by atoms with Gasteiger partial charge in [0.15, 0.2) is 6.29 Å². The van der Waals surface area contributed by atoms with Crippen LogP contribution in [0.25, 0.3) is 0 Å². The molecule has 2 amide bonds. The number of amides is 2. The van der Waals surface area contributed by atoms with Crippen LogP contribution in [0.15, 0.2) is 4.99 Å². The van der Waals surface area contributed by atoms with Crippen molar-refractivity contribution in [1.82, 2.24) is 5.32 Å². The molecule has 7 nitrogen and oxygen atoms in total. The first-order chi connectivity index (χ1) is 5.52. The van der Waals surface area contributed by atoms with Gasteiger partial charge in [0.05, 0.1) is 0 Å². The summed E-state index contributed by atoms with van der Waals surface area (Å²) in [6.45, 7) is 0. The van der Waals surface area contributed by atoms with E-state index in [1.165, 1.54) is 0 Å². The Morgan fingerprint density at radius 2 is 2.00 bits per heavy atom. The predicted molar refractivity (Wildman–Crippen MR) is 38.1 cm³/mol. The molecule has 0 aliphatic heterocycles. The molecule has 0 bridgehead atoms. The van der Waals surface area contributed by atoms with Crippen LogP contribution in [0.5, 0.6) is 0 Å². The second kappa shape index (κ2) is 5.61. The van der Waals surface area contributed by atoms with Crippen LogP contribution in [-0.2, 0) is 0 Å². The van der Waals surface area contributed by atoms with Gasteiger partial charge >= 0.3 is 6.03 Å². The van der Waals surface area contributed by atoms with Crippen LogP contribution in [0, 0.1) is 0 Å². The second-order valence-corrected chi connectivity index (χ2v) is 1.85. The molecular weight excluding hydrogens is 168 g/mol. The quantitative estimate of drug-likeness (QED) is 0.246. The molecule has 0 aromatic rings. The topological polar surface area (TPSA) is 122 Å². The Balaban J connectivity index is 3.61. The van der Waals surface area contributed by atoms with Gasteiger partial charge in [-0.25, -0.2) is 9.79 Å². The fourth-order valence-electron chi connectivity index (χ4n) is 0.378. The summed E-state index contributed by atoms with van der Waals surface area (Å²) in [5.74, 6) is 0. The Kier molecular flexibility index (Phi) is 5.13. The van der Waals surface area contributed by atoms with E-state index in [9.17, 15) is 4.79 Å². The fourth-order valence-corrected chi connectivity index (χ4v) is 0.378. The van der Waals surface area contributed by atoms with Gasteiger partial charge in [0.2, 0.25) is 6.41 Å². The lowest BCUT2D eigenvalue weighted by Crippen LogP contribution is -2.32. The van der Waals surface area contributed by atoms with E-state index in [0.717, 1.165) is 6.21 Å². The smallest absolute Gasteiger partial charge is 0.344 e. The minimum atomic E-state index is -1.96. The fraction of sp³-hybridized carbons (Fsp3) is 0.600. The second-order valence-electron chi connectivity index (χ2n) is 1.85. The zero-order chi connectivity index (χ0) is 9.56. The molecule has 12 heavy (non-hydrogen) atoms. The lowest BCUT2D eigenvalue weighted by Gasteiger charge is -2.01. The first-order valence-corrected chi connectivity index (χ1v) is 3.07. The van der Waals surface area contributed by atoms with E-state index in [1.54, 1.807) is 5.32 Å². The number of urea groups is 1. The molecule has 70 valence electrons. The minimum Gasteiger partial charge on any atom is -0.368 e. The molecule has 0 rings (SSSR count). The van der Waals surface area contributed by atoms with Gasteiger partial charge in [0.25, 0.3) is 0 Å². The van der Waals surface area contributed by atoms with Crippen LogP contribution in [0.1, 0.15) is 6.42 Å². The Labute approximate surface area is 68.0 Å². The number of carbonyl (C=O) groups excluding carboxylic acids is 1. The Bertz CT molecular complexity index is 167. The van der Waals surface area contributed by atoms with E-state index in [1.807, 2.05) is 0 Å². The molecular formula is C5H10N2O5. The summed E-state index contributed by atoms with van der Waals surface area (Å²) in [5.41, 5.74) is 0. The predicted octanol–water partition coefficient (Wildman–Crippen LogP) is -2.26. The van der Waals surface area contributed by atoms with Gasteiger partial charge in [-0.05, 0) is 0 Å². The SMILES string of the molecule is O=C(N=CCC(O)O)NC(O)O. The number of hydrogen-bond acceptors (Lipinski definition) is 5. The van der Waals surface area contributed by atoms with Crippen molar-refractivity contribution in [2.75, 3.05) is 0 Å². The normalized spacial score (nSPS) is 11.5. The van der Waals surface area contributed by atoms with E-state index < -0.39 is 18.7 Å². The molecule has 7 heteroatoms. The van der Waals surface area contributed by atoms with Gasteiger partial charge in [-0.1, -0.05) is 0 Å². The van der Waals surface area contributed by atoms with Crippen molar-refractivity contribution in [3.8, 4) is 0 Å². The maximum Gasteiger partial charge on any atom is 0.344 e. The summed E-state index contributed by atoms with van der Waals surface area (Å²) in [6.07, 6.45) is -2.79. The summed E-state index contributed by atoms with van der Waals surface area (Å²) in [6, 6.07) is -0.967. The van der Waals surface area contributed by atoms with Crippen molar-refractivity contribution in [2.45, 2.75) is 19.1 Å². The summed E-state index contributed by atoms with van der Waals surface area (Å²) < 4.78 is 0. The summed E-state index contributed by atoms with van der Waals surface area (Å²) in [5, 5.41) is 34.6. The number of carbonyl (C=O) groups is 1. The Morgan fingerprint density at radius 3 is 2.42 bits per heavy atom. The number of aliphatic hydroxyl groups is 4. The third-order valence-corrected chi connectivity index (χ3v) is 0.777. The summed E-state index contributed by atoms with van der Waals surface area (Å²) in [4.78, 5) is 13.5. The highest BCUT2D eigenvalue weighted by Gasteiger charge is 2.01. The number of nitrogens with zero attached hydrogens (tertiary/aromatic N) is 1. The molecule has 0 atom stereocenters. The van der Waals surface area contributed by atoms with Gasteiger partial charge in [-0.3, -0.25) is 5.32 Å². The zero-order valence-corrected chi connectivity index (χ0v) is 6.08. The highest BCUT2D eigenvalue weighted by atomic mass is 16.5. The van der Waals surface area contributed by atoms with Crippen molar-refractivity contribution in [1.29, 1.82) is 0 Å². The highest BCUT2D eigenvalue weighted by molar-refractivity contribution is 5.83. The van der Waals surface area contributed by atoms with Crippen molar-refractivity contribution in [3.63, 3.8) is 0 Å². The maximum atomic E-state index is 10.4. The molecule has 0 fully saturated rings. The van der Waals surface area contributed by atoms with Gasteiger partial charge in [-0.2, -0.15) is 0 Å². The van der Waals surface area contributed by atoms with Crippen LogP contribution in [0.4, 0.5) is 4.79 Å². The molecule has 0 radical (unpaired) electrons. The monoisotopic (exact) mass is 178 g/mol. The molecule has 0 aromatic carbocycles. The van der Waals surface area contributed by atoms with Gasteiger partial charge in [0, 0.05) is 12.6 Å². The lowest BCUT2D eigenvalue weighted by molar-refractivity contribution is -0.0547. The first kappa shape index (κ1) is 11.0. The number of aliphatic imine (C=N–C) groups is 1. The number of aliphatic hydroxyl groups excluding tert-OH is 2. The number of nitrogens with one attached hydrogen (secondary N) is 1. The molecule has 0 aliphatic rings. The van der Waals surface area contributed by atoms with Crippen LogP contribution in [-0.4, -0.2) is 45.4 Å². The van der Waals surface area contributed by atoms with Crippen LogP contribution >= 0.6 is 0 Å². The van der Waals surface area contributed by atoms with Crippen molar-refractivity contribution in [3.05, 3.63) is 0 Å². The minimum absolute atomic E-state index is 0.199. The van der Waals surface area contributed by atoms with Gasteiger partial charge in [-0.15, -0.1) is 0 Å². The van der Waals surface area contributed by atoms with Crippen LogP contribution in [0.2, 0.25) is 0 Å². The van der Waals surface area contributed by atoms with E-state index in [0.29, 0.717) is 0 Å². The third kappa shape index (κ3) is 7.09. The van der Waals surface area contributed by atoms with Gasteiger partial charge < -0.3 is 20.4 Å². The highest BCUT2D eigenvalue weighted by Crippen LogP contribution is 1.82. The molecule has 0 heterocycles. The third-order valence-electron chi connectivity index (χ3n) is 0.777. The summed E-state index contributed by atoms with van der Waals surface area (Å²) in [7, 11) is 0. The van der Waals surface area contributed by atoms with Crippen LogP contribution in [0.3, 0.4) is 0 Å². The van der Waals surface area contributed by atoms with Crippen molar-refractivity contribution < 1.29 is 25.2 Å². The summed E-state index contributed by atoms with van der Waals surface area (Å²) >= 11 is 0. The molecule has 0 saturated carbocycles. The molecule has 0 aromatic heterocycles. The molecule has 0 aliphatic carbocycles. The molecule has 0 saturated heterocycles. The van der Waals surface area contributed by atoms with Gasteiger partial charge in [0.1, 0.15) is 0 Å². The van der Waals surface area contributed by atoms with E-state index in [-0.39, 0.29) is 6.42 Å². The number of rotatable bonds is 3. The maximum absolute atomic E-state index is 10.4. The van der Waals surface area contributed by atoms with E-state index >= 15 is 0 Å².